The Hall–Kier alpha value is -1.14. The number of esters is 2. The van der Waals surface area contributed by atoms with E-state index in [4.69, 9.17) is 14.3 Å². The standard InChI is InChI=1S/C12H17NO5/c1-16-11(14)8-5-4-7-10-9(18-13(7)8)3-2-6-17-12(10)15/h7-10H,2-6H2,1H3/t7-,8-,9-,10-/m1/s1. The second-order valence-electron chi connectivity index (χ2n) is 5.02. The van der Waals surface area contributed by atoms with Crippen LogP contribution in [-0.2, 0) is 23.9 Å². The number of ether oxygens (including phenoxy) is 2. The molecule has 3 fully saturated rings. The minimum Gasteiger partial charge on any atom is -0.468 e. The summed E-state index contributed by atoms with van der Waals surface area (Å²) in [6, 6.07) is -0.413. The van der Waals surface area contributed by atoms with E-state index in [9.17, 15) is 9.59 Å². The highest BCUT2D eigenvalue weighted by atomic mass is 16.7. The second kappa shape index (κ2) is 4.51. The third-order valence-corrected chi connectivity index (χ3v) is 4.06. The molecular weight excluding hydrogens is 238 g/mol. The summed E-state index contributed by atoms with van der Waals surface area (Å²) in [5.74, 6) is -0.722. The fourth-order valence-electron chi connectivity index (χ4n) is 3.23. The van der Waals surface area contributed by atoms with Crippen LogP contribution in [0.4, 0.5) is 0 Å². The number of carbonyl (C=O) groups excluding carboxylic acids is 2. The zero-order chi connectivity index (χ0) is 12.7. The largest absolute Gasteiger partial charge is 0.468 e. The van der Waals surface area contributed by atoms with Crippen molar-refractivity contribution in [3.63, 3.8) is 0 Å². The molecule has 0 unspecified atom stereocenters. The van der Waals surface area contributed by atoms with Gasteiger partial charge in [-0.05, 0) is 25.7 Å². The molecule has 6 heteroatoms. The predicted octanol–water partition coefficient (Wildman–Crippen LogP) is 0.259. The van der Waals surface area contributed by atoms with E-state index in [-0.39, 0.29) is 36.0 Å². The monoisotopic (exact) mass is 255 g/mol. The number of carbonyl (C=O) groups is 2. The maximum absolute atomic E-state index is 11.9. The minimum absolute atomic E-state index is 0.0373. The van der Waals surface area contributed by atoms with Crippen molar-refractivity contribution in [3.8, 4) is 0 Å². The zero-order valence-corrected chi connectivity index (χ0v) is 10.3. The molecule has 3 heterocycles. The molecule has 6 nitrogen and oxygen atoms in total. The molecule has 0 amide bonds. The summed E-state index contributed by atoms with van der Waals surface area (Å²) in [7, 11) is 1.37. The SMILES string of the molecule is COC(=O)[C@H]1CC[C@@H]2[C@H]3C(=O)OCCC[C@H]3ON12. The van der Waals surface area contributed by atoms with Gasteiger partial charge in [-0.15, -0.1) is 0 Å². The maximum atomic E-state index is 11.9. The number of hydrogen-bond acceptors (Lipinski definition) is 6. The highest BCUT2D eigenvalue weighted by molar-refractivity contribution is 5.78. The molecule has 3 rings (SSSR count). The van der Waals surface area contributed by atoms with E-state index >= 15 is 0 Å². The number of hydrogen-bond donors (Lipinski definition) is 0. The van der Waals surface area contributed by atoms with Crippen LogP contribution in [0.25, 0.3) is 0 Å². The van der Waals surface area contributed by atoms with Crippen LogP contribution in [0.15, 0.2) is 0 Å². The van der Waals surface area contributed by atoms with E-state index in [1.54, 1.807) is 5.06 Å². The average Bonchev–Trinajstić information content (AvgIpc) is 2.86. The Morgan fingerprint density at radius 3 is 3.00 bits per heavy atom. The van der Waals surface area contributed by atoms with Crippen molar-refractivity contribution < 1.29 is 23.9 Å². The molecule has 0 aromatic carbocycles. The fraction of sp³-hybridized carbons (Fsp3) is 0.833. The number of fused-ring (bicyclic) bond motifs is 3. The van der Waals surface area contributed by atoms with Crippen molar-refractivity contribution in [3.05, 3.63) is 0 Å². The summed E-state index contributed by atoms with van der Waals surface area (Å²) in [5, 5.41) is 1.67. The van der Waals surface area contributed by atoms with Crippen LogP contribution in [0.5, 0.6) is 0 Å². The van der Waals surface area contributed by atoms with Crippen molar-refractivity contribution in [2.75, 3.05) is 13.7 Å². The Balaban J connectivity index is 1.81. The molecule has 3 aliphatic heterocycles. The number of cyclic esters (lactones) is 1. The lowest BCUT2D eigenvalue weighted by Gasteiger charge is -2.21. The molecule has 0 aliphatic carbocycles. The Labute approximate surface area is 105 Å². The van der Waals surface area contributed by atoms with Gasteiger partial charge < -0.3 is 9.47 Å². The predicted molar refractivity (Wildman–Crippen MR) is 59.2 cm³/mol. The van der Waals surface area contributed by atoms with Crippen LogP contribution >= 0.6 is 0 Å². The van der Waals surface area contributed by atoms with Crippen LogP contribution in [0.3, 0.4) is 0 Å². The number of methoxy groups -OCH3 is 1. The fourth-order valence-corrected chi connectivity index (χ4v) is 3.23. The van der Waals surface area contributed by atoms with Gasteiger partial charge in [0.2, 0.25) is 0 Å². The van der Waals surface area contributed by atoms with Crippen LogP contribution < -0.4 is 0 Å². The van der Waals surface area contributed by atoms with Crippen molar-refractivity contribution in [1.82, 2.24) is 5.06 Å². The molecule has 0 aromatic rings. The summed E-state index contributed by atoms with van der Waals surface area (Å²) in [6.07, 6.45) is 2.93. The smallest absolute Gasteiger partial charge is 0.325 e. The van der Waals surface area contributed by atoms with Crippen molar-refractivity contribution >= 4 is 11.9 Å². The molecule has 0 bridgehead atoms. The van der Waals surface area contributed by atoms with Crippen LogP contribution in [0.2, 0.25) is 0 Å². The first-order chi connectivity index (χ1) is 8.72. The van der Waals surface area contributed by atoms with Gasteiger partial charge in [0.1, 0.15) is 12.0 Å². The van der Waals surface area contributed by atoms with Gasteiger partial charge in [-0.1, -0.05) is 0 Å². The molecule has 3 aliphatic rings. The first kappa shape index (κ1) is 11.9. The first-order valence-corrected chi connectivity index (χ1v) is 6.42. The van der Waals surface area contributed by atoms with Gasteiger partial charge in [-0.2, -0.15) is 5.06 Å². The zero-order valence-electron chi connectivity index (χ0n) is 10.3. The number of nitrogens with zero attached hydrogens (tertiary/aromatic N) is 1. The Morgan fingerprint density at radius 1 is 1.39 bits per heavy atom. The summed E-state index contributed by atoms with van der Waals surface area (Å²) in [4.78, 5) is 29.4. The summed E-state index contributed by atoms with van der Waals surface area (Å²) in [5.41, 5.74) is 0. The molecule has 0 radical (unpaired) electrons. The van der Waals surface area contributed by atoms with Gasteiger partial charge in [0, 0.05) is 0 Å². The molecule has 0 N–H and O–H groups in total. The van der Waals surface area contributed by atoms with E-state index < -0.39 is 0 Å². The average molecular weight is 255 g/mol. The van der Waals surface area contributed by atoms with Gasteiger partial charge in [0.05, 0.1) is 25.9 Å². The minimum atomic E-state index is -0.375. The topological polar surface area (TPSA) is 65.1 Å². The first-order valence-electron chi connectivity index (χ1n) is 6.42. The van der Waals surface area contributed by atoms with Crippen LogP contribution in [0, 0.1) is 5.92 Å². The quantitative estimate of drug-likeness (QED) is 0.626. The van der Waals surface area contributed by atoms with E-state index in [2.05, 4.69) is 0 Å². The maximum Gasteiger partial charge on any atom is 0.325 e. The van der Waals surface area contributed by atoms with Gasteiger partial charge >= 0.3 is 11.9 Å². The molecule has 4 atom stereocenters. The second-order valence-corrected chi connectivity index (χ2v) is 5.02. The van der Waals surface area contributed by atoms with Gasteiger partial charge in [0.15, 0.2) is 0 Å². The van der Waals surface area contributed by atoms with Crippen molar-refractivity contribution in [2.45, 2.75) is 43.9 Å². The van der Waals surface area contributed by atoms with Gasteiger partial charge in [0.25, 0.3) is 0 Å². The lowest BCUT2D eigenvalue weighted by Crippen LogP contribution is -2.39. The van der Waals surface area contributed by atoms with Crippen LogP contribution in [0.1, 0.15) is 25.7 Å². The molecule has 0 spiro atoms. The summed E-state index contributed by atoms with van der Waals surface area (Å²) < 4.78 is 9.96. The van der Waals surface area contributed by atoms with Crippen LogP contribution in [-0.4, -0.2) is 48.9 Å². The molecule has 0 aromatic heterocycles. The van der Waals surface area contributed by atoms with E-state index in [0.717, 1.165) is 19.3 Å². The molecule has 18 heavy (non-hydrogen) atoms. The lowest BCUT2D eigenvalue weighted by atomic mass is 9.92. The van der Waals surface area contributed by atoms with Gasteiger partial charge in [-0.25, -0.2) is 0 Å². The summed E-state index contributed by atoms with van der Waals surface area (Å²) >= 11 is 0. The third-order valence-electron chi connectivity index (χ3n) is 4.06. The Morgan fingerprint density at radius 2 is 2.22 bits per heavy atom. The van der Waals surface area contributed by atoms with E-state index in [1.165, 1.54) is 7.11 Å². The molecular formula is C12H17NO5. The summed E-state index contributed by atoms with van der Waals surface area (Å²) in [6.45, 7) is 0.475. The molecule has 0 saturated carbocycles. The van der Waals surface area contributed by atoms with Crippen molar-refractivity contribution in [1.29, 1.82) is 0 Å². The Bertz CT molecular complexity index is 371. The van der Waals surface area contributed by atoms with E-state index in [0.29, 0.717) is 13.0 Å². The van der Waals surface area contributed by atoms with E-state index in [1.807, 2.05) is 0 Å². The molecule has 3 saturated heterocycles. The third kappa shape index (κ3) is 1.71. The number of hydroxylamine groups is 2. The normalized spacial score (nSPS) is 39.7. The highest BCUT2D eigenvalue weighted by Crippen LogP contribution is 2.41. The Kier molecular flexibility index (Phi) is 2.99. The van der Waals surface area contributed by atoms with Gasteiger partial charge in [-0.3, -0.25) is 14.4 Å². The lowest BCUT2D eigenvalue weighted by molar-refractivity contribution is -0.191. The molecule has 100 valence electrons. The number of rotatable bonds is 1. The highest BCUT2D eigenvalue weighted by Gasteiger charge is 2.55. The van der Waals surface area contributed by atoms with Crippen molar-refractivity contribution in [2.24, 2.45) is 5.92 Å².